The van der Waals surface area contributed by atoms with Crippen molar-refractivity contribution >= 4 is 17.7 Å². The first-order chi connectivity index (χ1) is 15.4. The minimum absolute atomic E-state index is 0.126. The van der Waals surface area contributed by atoms with Crippen LogP contribution in [-0.2, 0) is 12.7 Å². The molecule has 0 aliphatic heterocycles. The number of carbonyl (C=O) groups excluding carboxylic acids is 1. The van der Waals surface area contributed by atoms with E-state index in [-0.39, 0.29) is 22.8 Å². The molecule has 1 aromatic carbocycles. The molecule has 1 N–H and O–H groups in total. The number of benzene rings is 1. The topological polar surface area (TPSA) is 99.4 Å². The second-order valence-electron chi connectivity index (χ2n) is 6.20. The number of halogens is 7. The van der Waals surface area contributed by atoms with Crippen molar-refractivity contribution in [1.82, 2.24) is 20.4 Å². The van der Waals surface area contributed by atoms with Gasteiger partial charge in [-0.2, -0.15) is 36.3 Å². The summed E-state index contributed by atoms with van der Waals surface area (Å²) in [5, 5.41) is 5.27. The fourth-order valence-electron chi connectivity index (χ4n) is 2.29. The van der Waals surface area contributed by atoms with Crippen LogP contribution in [0.2, 0.25) is 5.02 Å². The molecular weight excluding hydrogens is 486 g/mol. The van der Waals surface area contributed by atoms with Crippen LogP contribution in [-0.4, -0.2) is 34.0 Å². The smallest absolute Gasteiger partial charge is 0.436 e. The van der Waals surface area contributed by atoms with Gasteiger partial charge >= 0.3 is 24.5 Å². The molecule has 0 saturated carbocycles. The van der Waals surface area contributed by atoms with Gasteiger partial charge in [0.25, 0.3) is 0 Å². The molecule has 0 aliphatic carbocycles. The average molecular weight is 497 g/mol. The fourth-order valence-corrected chi connectivity index (χ4v) is 2.42. The Morgan fingerprint density at radius 3 is 2.42 bits per heavy atom. The van der Waals surface area contributed by atoms with Gasteiger partial charge in [-0.1, -0.05) is 28.9 Å². The zero-order valence-electron chi connectivity index (χ0n) is 16.0. The van der Waals surface area contributed by atoms with E-state index in [1.54, 1.807) is 0 Å². The molecule has 3 aromatic rings. The monoisotopic (exact) mass is 496 g/mol. The van der Waals surface area contributed by atoms with Crippen LogP contribution in [0.5, 0.6) is 11.8 Å². The third kappa shape index (κ3) is 6.97. The summed E-state index contributed by atoms with van der Waals surface area (Å²) in [6.45, 7) is -2.12. The van der Waals surface area contributed by atoms with Crippen LogP contribution >= 0.6 is 11.6 Å². The van der Waals surface area contributed by atoms with Gasteiger partial charge in [0.1, 0.15) is 5.69 Å². The van der Waals surface area contributed by atoms with E-state index >= 15 is 0 Å². The largest absolute Gasteiger partial charge is 0.480 e. The van der Waals surface area contributed by atoms with E-state index in [0.29, 0.717) is 11.1 Å². The number of nitrogens with one attached hydrogen (secondary N) is 1. The first kappa shape index (κ1) is 24.1. The van der Waals surface area contributed by atoms with Gasteiger partial charge in [-0.25, -0.2) is 4.79 Å². The van der Waals surface area contributed by atoms with Crippen molar-refractivity contribution in [2.24, 2.45) is 0 Å². The van der Waals surface area contributed by atoms with Crippen LogP contribution in [0.25, 0.3) is 11.3 Å². The van der Waals surface area contributed by atoms with Crippen LogP contribution in [0.1, 0.15) is 11.5 Å². The van der Waals surface area contributed by atoms with Gasteiger partial charge in [-0.3, -0.25) is 0 Å². The molecule has 0 radical (unpaired) electrons. The Morgan fingerprint density at radius 2 is 1.82 bits per heavy atom. The van der Waals surface area contributed by atoms with Gasteiger partial charge in [-0.15, -0.1) is 0 Å². The highest BCUT2D eigenvalue weighted by molar-refractivity contribution is 6.30. The maximum absolute atomic E-state index is 12.5. The van der Waals surface area contributed by atoms with Crippen molar-refractivity contribution in [2.75, 3.05) is 6.61 Å². The molecule has 0 atom stereocenters. The summed E-state index contributed by atoms with van der Waals surface area (Å²) in [5.74, 6) is -0.651. The van der Waals surface area contributed by atoms with E-state index in [0.717, 1.165) is 6.20 Å². The SMILES string of the molecule is O=C(NCc1cc(C(F)(F)F)no1)Oc1ncc(OCC(F)(F)F)c(-c2ccc(Cl)cc2)n1. The summed E-state index contributed by atoms with van der Waals surface area (Å²) < 4.78 is 89.2. The van der Waals surface area contributed by atoms with Gasteiger partial charge in [0.15, 0.2) is 23.8 Å². The van der Waals surface area contributed by atoms with Crippen LogP contribution in [0, 0.1) is 0 Å². The lowest BCUT2D eigenvalue weighted by Gasteiger charge is -2.13. The van der Waals surface area contributed by atoms with Crippen molar-refractivity contribution in [3.05, 3.63) is 53.0 Å². The number of ether oxygens (including phenoxy) is 2. The van der Waals surface area contributed by atoms with Crippen LogP contribution in [0.3, 0.4) is 0 Å². The molecule has 3 rings (SSSR count). The first-order valence-corrected chi connectivity index (χ1v) is 9.09. The molecule has 0 spiro atoms. The highest BCUT2D eigenvalue weighted by Gasteiger charge is 2.35. The summed E-state index contributed by atoms with van der Waals surface area (Å²) in [5.41, 5.74) is -1.12. The zero-order valence-corrected chi connectivity index (χ0v) is 16.8. The lowest BCUT2D eigenvalue weighted by atomic mass is 10.1. The second kappa shape index (κ2) is 9.52. The minimum atomic E-state index is -4.72. The van der Waals surface area contributed by atoms with Crippen molar-refractivity contribution in [3.8, 4) is 23.0 Å². The maximum Gasteiger partial charge on any atom is 0.436 e. The number of amides is 1. The normalized spacial score (nSPS) is 11.8. The maximum atomic E-state index is 12.5. The first-order valence-electron chi connectivity index (χ1n) is 8.72. The Kier molecular flexibility index (Phi) is 6.95. The van der Waals surface area contributed by atoms with Crippen molar-refractivity contribution < 1.29 is 45.1 Å². The molecule has 0 saturated heterocycles. The molecule has 0 bridgehead atoms. The molecule has 8 nitrogen and oxygen atoms in total. The van der Waals surface area contributed by atoms with Gasteiger partial charge in [0.2, 0.25) is 0 Å². The molecule has 15 heteroatoms. The van der Waals surface area contributed by atoms with E-state index < -0.39 is 43.3 Å². The van der Waals surface area contributed by atoms with Crippen LogP contribution in [0.15, 0.2) is 41.1 Å². The molecular formula is C18H11ClF6N4O4. The van der Waals surface area contributed by atoms with E-state index in [1.807, 2.05) is 0 Å². The zero-order chi connectivity index (χ0) is 24.2. The van der Waals surface area contributed by atoms with Gasteiger partial charge in [0.05, 0.1) is 12.7 Å². The summed E-state index contributed by atoms with van der Waals surface area (Å²) in [7, 11) is 0. The van der Waals surface area contributed by atoms with Gasteiger partial charge in [-0.05, 0) is 12.1 Å². The van der Waals surface area contributed by atoms with Crippen LogP contribution < -0.4 is 14.8 Å². The molecule has 2 aromatic heterocycles. The Morgan fingerprint density at radius 1 is 1.12 bits per heavy atom. The highest BCUT2D eigenvalue weighted by atomic mass is 35.5. The van der Waals surface area contributed by atoms with E-state index in [9.17, 15) is 31.1 Å². The predicted molar refractivity (Wildman–Crippen MR) is 98.4 cm³/mol. The molecule has 2 heterocycles. The van der Waals surface area contributed by atoms with Crippen LogP contribution in [0.4, 0.5) is 31.1 Å². The number of carbonyl (C=O) groups is 1. The minimum Gasteiger partial charge on any atom is -0.480 e. The number of rotatable bonds is 6. The number of hydrogen-bond acceptors (Lipinski definition) is 7. The van der Waals surface area contributed by atoms with Crippen molar-refractivity contribution in [1.29, 1.82) is 0 Å². The predicted octanol–water partition coefficient (Wildman–Crippen LogP) is 5.03. The third-order valence-corrected chi connectivity index (χ3v) is 3.93. The van der Waals surface area contributed by atoms with Crippen molar-refractivity contribution in [3.63, 3.8) is 0 Å². The summed E-state index contributed by atoms with van der Waals surface area (Å²) in [6.07, 6.45) is -9.65. The van der Waals surface area contributed by atoms with Crippen molar-refractivity contribution in [2.45, 2.75) is 18.9 Å². The summed E-state index contributed by atoms with van der Waals surface area (Å²) in [6, 6.07) is 5.81. The van der Waals surface area contributed by atoms with E-state index in [1.165, 1.54) is 24.3 Å². The Balaban J connectivity index is 1.73. The lowest BCUT2D eigenvalue weighted by molar-refractivity contribution is -0.153. The lowest BCUT2D eigenvalue weighted by Crippen LogP contribution is -2.27. The van der Waals surface area contributed by atoms with Gasteiger partial charge < -0.3 is 19.3 Å². The summed E-state index contributed by atoms with van der Waals surface area (Å²) in [4.78, 5) is 19.4. The Bertz CT molecular complexity index is 1120. The van der Waals surface area contributed by atoms with E-state index in [2.05, 4.69) is 25.0 Å². The third-order valence-electron chi connectivity index (χ3n) is 3.68. The molecule has 0 aliphatic rings. The van der Waals surface area contributed by atoms with E-state index in [4.69, 9.17) is 21.1 Å². The molecule has 0 fully saturated rings. The Labute approximate surface area is 185 Å². The quantitative estimate of drug-likeness (QED) is 0.478. The summed E-state index contributed by atoms with van der Waals surface area (Å²) >= 11 is 5.81. The average Bonchev–Trinajstić information content (AvgIpc) is 3.21. The molecule has 0 unspecified atom stereocenters. The standard InChI is InChI=1S/C18H11ClF6N4O4/c19-10-3-1-9(2-4-10)14-12(31-8-17(20,21)22)7-26-15(28-14)32-16(30)27-6-11-5-13(29-33-11)18(23,24)25/h1-5,7H,6,8H2,(H,27,30). The fraction of sp³-hybridized carbons (Fsp3) is 0.222. The molecule has 1 amide bonds. The molecule has 33 heavy (non-hydrogen) atoms. The number of alkyl halides is 6. The molecule has 176 valence electrons. The Hall–Kier alpha value is -3.55. The second-order valence-corrected chi connectivity index (χ2v) is 6.63. The number of aromatic nitrogens is 3. The van der Waals surface area contributed by atoms with Gasteiger partial charge in [0, 0.05) is 16.7 Å². The number of nitrogens with zero attached hydrogens (tertiary/aromatic N) is 3. The highest BCUT2D eigenvalue weighted by Crippen LogP contribution is 2.31. The number of hydrogen-bond donors (Lipinski definition) is 1.